The molecule has 4 rings (SSSR count). The molecule has 134 valence electrons. The van der Waals surface area contributed by atoms with Gasteiger partial charge in [-0.05, 0) is 47.4 Å². The highest BCUT2D eigenvalue weighted by Crippen LogP contribution is 2.34. The minimum Gasteiger partial charge on any atom is -0.330 e. The third-order valence-corrected chi connectivity index (χ3v) is 5.66. The topological polar surface area (TPSA) is 77.2 Å². The van der Waals surface area contributed by atoms with Crippen molar-refractivity contribution >= 4 is 28.3 Å². The maximum absolute atomic E-state index is 13.0. The van der Waals surface area contributed by atoms with Crippen molar-refractivity contribution in [1.82, 2.24) is 19.0 Å². The maximum Gasteiger partial charge on any atom is 0.332 e. The van der Waals surface area contributed by atoms with Gasteiger partial charge in [0.25, 0.3) is 11.5 Å². The third kappa shape index (κ3) is 2.48. The number of amides is 1. The lowest BCUT2D eigenvalue weighted by Crippen LogP contribution is -2.37. The van der Waals surface area contributed by atoms with Gasteiger partial charge in [-0.1, -0.05) is 0 Å². The highest BCUT2D eigenvalue weighted by atomic mass is 32.1. The Kier molecular flexibility index (Phi) is 3.99. The molecule has 0 N–H and O–H groups in total. The normalized spacial score (nSPS) is 17.2. The average Bonchev–Trinajstić information content (AvgIpc) is 3.34. The van der Waals surface area contributed by atoms with E-state index in [-0.39, 0.29) is 23.3 Å². The van der Waals surface area contributed by atoms with Crippen LogP contribution in [0.2, 0.25) is 0 Å². The minimum absolute atomic E-state index is 0.0544. The van der Waals surface area contributed by atoms with E-state index in [0.717, 1.165) is 23.0 Å². The first-order valence-electron chi connectivity index (χ1n) is 8.39. The summed E-state index contributed by atoms with van der Waals surface area (Å²) in [5, 5.41) is 4.40. The Bertz CT molecular complexity index is 1110. The fourth-order valence-corrected chi connectivity index (χ4v) is 4.25. The summed E-state index contributed by atoms with van der Waals surface area (Å²) in [5.41, 5.74) is 0.755. The van der Waals surface area contributed by atoms with E-state index in [1.807, 2.05) is 16.3 Å². The van der Waals surface area contributed by atoms with E-state index < -0.39 is 11.2 Å². The summed E-state index contributed by atoms with van der Waals surface area (Å²) >= 11 is 1.62. The number of hydrogen-bond acceptors (Lipinski definition) is 5. The second-order valence-electron chi connectivity index (χ2n) is 6.49. The molecule has 0 spiro atoms. The number of fused-ring (bicyclic) bond motifs is 1. The molecule has 1 aliphatic heterocycles. The predicted octanol–water partition coefficient (Wildman–Crippen LogP) is 1.67. The van der Waals surface area contributed by atoms with E-state index in [4.69, 9.17) is 0 Å². The Labute approximate surface area is 153 Å². The molecule has 0 aliphatic carbocycles. The summed E-state index contributed by atoms with van der Waals surface area (Å²) < 4.78 is 2.34. The summed E-state index contributed by atoms with van der Waals surface area (Å²) in [6, 6.07) is 5.24. The van der Waals surface area contributed by atoms with Crippen LogP contribution < -0.4 is 11.2 Å². The molecule has 3 aromatic rings. The smallest absolute Gasteiger partial charge is 0.330 e. The highest BCUT2D eigenvalue weighted by molar-refractivity contribution is 7.08. The van der Waals surface area contributed by atoms with Crippen LogP contribution in [0.15, 0.2) is 38.5 Å². The van der Waals surface area contributed by atoms with Gasteiger partial charge >= 0.3 is 5.69 Å². The van der Waals surface area contributed by atoms with Crippen molar-refractivity contribution in [1.29, 1.82) is 0 Å². The molecule has 0 aromatic carbocycles. The van der Waals surface area contributed by atoms with Gasteiger partial charge in [-0.3, -0.25) is 18.7 Å². The number of likely N-dealkylation sites (tertiary alicyclic amines) is 1. The van der Waals surface area contributed by atoms with Crippen LogP contribution in [0.1, 0.15) is 34.9 Å². The van der Waals surface area contributed by atoms with Gasteiger partial charge < -0.3 is 4.90 Å². The zero-order valence-electron chi connectivity index (χ0n) is 14.5. The van der Waals surface area contributed by atoms with E-state index >= 15 is 0 Å². The lowest BCUT2D eigenvalue weighted by molar-refractivity contribution is 0.0730. The zero-order valence-corrected chi connectivity index (χ0v) is 15.3. The van der Waals surface area contributed by atoms with Crippen LogP contribution in [0.4, 0.5) is 0 Å². The molecule has 1 saturated heterocycles. The number of aromatic nitrogens is 3. The number of pyridine rings is 1. The van der Waals surface area contributed by atoms with Gasteiger partial charge in [0.1, 0.15) is 11.3 Å². The molecule has 3 aromatic heterocycles. The van der Waals surface area contributed by atoms with Crippen LogP contribution in [0, 0.1) is 0 Å². The van der Waals surface area contributed by atoms with Crippen molar-refractivity contribution in [2.45, 2.75) is 18.9 Å². The molecule has 1 aliphatic rings. The molecular weight excluding hydrogens is 352 g/mol. The molecule has 1 fully saturated rings. The Hall–Kier alpha value is -2.74. The second kappa shape index (κ2) is 6.21. The monoisotopic (exact) mass is 370 g/mol. The van der Waals surface area contributed by atoms with Gasteiger partial charge in [0.15, 0.2) is 0 Å². The van der Waals surface area contributed by atoms with Gasteiger partial charge in [0, 0.05) is 20.6 Å². The van der Waals surface area contributed by atoms with E-state index in [2.05, 4.69) is 10.4 Å². The van der Waals surface area contributed by atoms with Crippen LogP contribution in [-0.4, -0.2) is 31.5 Å². The first-order valence-corrected chi connectivity index (χ1v) is 9.33. The van der Waals surface area contributed by atoms with E-state index in [1.165, 1.54) is 11.6 Å². The number of carbonyl (C=O) groups is 1. The van der Waals surface area contributed by atoms with E-state index in [9.17, 15) is 14.4 Å². The largest absolute Gasteiger partial charge is 0.332 e. The van der Waals surface area contributed by atoms with Crippen molar-refractivity contribution in [2.24, 2.45) is 14.1 Å². The highest BCUT2D eigenvalue weighted by Gasteiger charge is 2.31. The molecule has 26 heavy (non-hydrogen) atoms. The SMILES string of the molecule is Cn1c(=O)c2ccc(C(=O)N3CCCC3c3ccsc3)nc2n(C)c1=O. The number of nitrogens with zero attached hydrogens (tertiary/aromatic N) is 4. The van der Waals surface area contributed by atoms with Crippen LogP contribution in [0.3, 0.4) is 0 Å². The predicted molar refractivity (Wildman–Crippen MR) is 99.6 cm³/mol. The van der Waals surface area contributed by atoms with E-state index in [0.29, 0.717) is 11.9 Å². The molecule has 4 heterocycles. The standard InChI is InChI=1S/C18H18N4O3S/c1-20-15-12(16(23)21(2)18(20)25)5-6-13(19-15)17(24)22-8-3-4-14(22)11-7-9-26-10-11/h5-7,9-10,14H,3-4,8H2,1-2H3. The molecule has 7 nitrogen and oxygen atoms in total. The lowest BCUT2D eigenvalue weighted by Gasteiger charge is -2.24. The van der Waals surface area contributed by atoms with Crippen molar-refractivity contribution in [3.63, 3.8) is 0 Å². The van der Waals surface area contributed by atoms with Crippen LogP contribution in [0.25, 0.3) is 11.0 Å². The number of thiophene rings is 1. The van der Waals surface area contributed by atoms with Crippen LogP contribution >= 0.6 is 11.3 Å². The molecule has 0 bridgehead atoms. The second-order valence-corrected chi connectivity index (χ2v) is 7.27. The summed E-state index contributed by atoms with van der Waals surface area (Å²) in [7, 11) is 2.98. The van der Waals surface area contributed by atoms with Crippen molar-refractivity contribution < 1.29 is 4.79 Å². The molecular formula is C18H18N4O3S. The van der Waals surface area contributed by atoms with Gasteiger partial charge in [0.05, 0.1) is 11.4 Å². The van der Waals surface area contributed by atoms with E-state index in [1.54, 1.807) is 30.5 Å². The minimum atomic E-state index is -0.461. The first kappa shape index (κ1) is 16.7. The summed E-state index contributed by atoms with van der Waals surface area (Å²) in [6.07, 6.45) is 1.87. The first-order chi connectivity index (χ1) is 12.5. The Morgan fingerprint density at radius 2 is 2.00 bits per heavy atom. The number of aryl methyl sites for hydroxylation is 1. The van der Waals surface area contributed by atoms with Gasteiger partial charge in [-0.2, -0.15) is 11.3 Å². The third-order valence-electron chi connectivity index (χ3n) is 4.96. The molecule has 0 radical (unpaired) electrons. The summed E-state index contributed by atoms with van der Waals surface area (Å²) in [5.74, 6) is -0.172. The average molecular weight is 370 g/mol. The van der Waals surface area contributed by atoms with Crippen LogP contribution in [0.5, 0.6) is 0 Å². The zero-order chi connectivity index (χ0) is 18.4. The lowest BCUT2D eigenvalue weighted by atomic mass is 10.1. The van der Waals surface area contributed by atoms with Gasteiger partial charge in [-0.25, -0.2) is 9.78 Å². The van der Waals surface area contributed by atoms with Gasteiger partial charge in [-0.15, -0.1) is 0 Å². The molecule has 8 heteroatoms. The molecule has 0 saturated carbocycles. The molecule has 1 atom stereocenters. The number of rotatable bonds is 2. The Morgan fingerprint density at radius 3 is 2.73 bits per heavy atom. The quantitative estimate of drug-likeness (QED) is 0.688. The van der Waals surface area contributed by atoms with Crippen molar-refractivity contribution in [3.8, 4) is 0 Å². The van der Waals surface area contributed by atoms with Crippen molar-refractivity contribution in [3.05, 3.63) is 61.1 Å². The number of carbonyl (C=O) groups excluding carboxylic acids is 1. The summed E-state index contributed by atoms with van der Waals surface area (Å²) in [4.78, 5) is 43.6. The Balaban J connectivity index is 1.78. The van der Waals surface area contributed by atoms with Crippen LogP contribution in [-0.2, 0) is 14.1 Å². The number of hydrogen-bond donors (Lipinski definition) is 0. The molecule has 1 unspecified atom stereocenters. The van der Waals surface area contributed by atoms with Crippen molar-refractivity contribution in [2.75, 3.05) is 6.54 Å². The Morgan fingerprint density at radius 1 is 1.19 bits per heavy atom. The van der Waals surface area contributed by atoms with Gasteiger partial charge in [0.2, 0.25) is 0 Å². The summed E-state index contributed by atoms with van der Waals surface area (Å²) in [6.45, 7) is 0.675. The fraction of sp³-hybridized carbons (Fsp3) is 0.333. The molecule has 1 amide bonds. The maximum atomic E-state index is 13.0. The fourth-order valence-electron chi connectivity index (χ4n) is 3.54.